The minimum Gasteiger partial charge on any atom is -0.368 e. The van der Waals surface area contributed by atoms with Crippen LogP contribution in [0.4, 0.5) is 5.69 Å². The molecular weight excluding hydrogens is 422 g/mol. The van der Waals surface area contributed by atoms with Crippen molar-refractivity contribution in [2.75, 3.05) is 11.9 Å². The third-order valence-corrected chi connectivity index (χ3v) is 5.22. The van der Waals surface area contributed by atoms with Crippen molar-refractivity contribution in [2.45, 2.75) is 38.5 Å². The highest BCUT2D eigenvalue weighted by atomic mass is 16.5. The largest absolute Gasteiger partial charge is 0.368 e. The molecule has 2 aromatic rings. The van der Waals surface area contributed by atoms with Crippen LogP contribution < -0.4 is 16.0 Å². The monoisotopic (exact) mass is 449 g/mol. The number of amides is 3. The Labute approximate surface area is 192 Å². The number of anilines is 1. The number of nitrogens with one attached hydrogen (secondary N) is 3. The molecule has 3 atom stereocenters. The summed E-state index contributed by atoms with van der Waals surface area (Å²) in [6, 6.07) is 13.5. The lowest BCUT2D eigenvalue weighted by atomic mass is 10.0. The lowest BCUT2D eigenvalue weighted by Gasteiger charge is -2.22. The molecule has 1 aliphatic rings. The number of para-hydroxylation sites is 1. The van der Waals surface area contributed by atoms with E-state index in [0.717, 1.165) is 0 Å². The molecule has 8 heteroatoms. The molecule has 3 N–H and O–H groups in total. The van der Waals surface area contributed by atoms with Gasteiger partial charge in [-0.3, -0.25) is 19.2 Å². The third kappa shape index (κ3) is 6.36. The van der Waals surface area contributed by atoms with Crippen LogP contribution in [0.5, 0.6) is 0 Å². The molecule has 1 fully saturated rings. The van der Waals surface area contributed by atoms with Gasteiger partial charge in [0.25, 0.3) is 11.8 Å². The van der Waals surface area contributed by atoms with Crippen LogP contribution in [0, 0.1) is 0 Å². The smallest absolute Gasteiger partial charge is 0.255 e. The Kier molecular flexibility index (Phi) is 7.74. The zero-order valence-electron chi connectivity index (χ0n) is 18.6. The first kappa shape index (κ1) is 23.9. The normalized spacial score (nSPS) is 18.3. The first-order valence-electron chi connectivity index (χ1n) is 10.6. The summed E-state index contributed by atoms with van der Waals surface area (Å²) in [6.45, 7) is 7.22. The molecular formula is C25H27N3O5. The summed E-state index contributed by atoms with van der Waals surface area (Å²) in [5.74, 6) is -1.47. The number of rotatable bonds is 8. The molecule has 0 radical (unpaired) electrons. The standard InChI is InChI=1S/C25H27N3O5/c1-15(2)13-20(25(32)28-22-16(3)33-14-21(22)29)27-24(31)18-11-9-17(10-12-18)23(30)26-19-7-5-4-6-8-19/h4-12,16,20,22H,1,13-14H2,2-3H3,(H,26,30)(H,27,31)(H,28,32)/t16-,20?,22+/m1/s1. The van der Waals surface area contributed by atoms with E-state index >= 15 is 0 Å². The Balaban J connectivity index is 1.65. The van der Waals surface area contributed by atoms with Gasteiger partial charge >= 0.3 is 0 Å². The molecule has 0 saturated carbocycles. The van der Waals surface area contributed by atoms with Gasteiger partial charge in [0.05, 0.1) is 6.10 Å². The van der Waals surface area contributed by atoms with Crippen molar-refractivity contribution in [3.05, 3.63) is 77.9 Å². The number of hydrogen-bond donors (Lipinski definition) is 3. The first-order chi connectivity index (χ1) is 15.7. The van der Waals surface area contributed by atoms with Gasteiger partial charge in [0, 0.05) is 16.8 Å². The van der Waals surface area contributed by atoms with Crippen LogP contribution in [0.1, 0.15) is 41.0 Å². The van der Waals surface area contributed by atoms with Crippen molar-refractivity contribution in [1.82, 2.24) is 10.6 Å². The van der Waals surface area contributed by atoms with Gasteiger partial charge in [-0.25, -0.2) is 0 Å². The number of ketones is 1. The molecule has 1 aliphatic heterocycles. The summed E-state index contributed by atoms with van der Waals surface area (Å²) >= 11 is 0. The van der Waals surface area contributed by atoms with Crippen molar-refractivity contribution in [3.63, 3.8) is 0 Å². The second-order valence-corrected chi connectivity index (χ2v) is 8.05. The van der Waals surface area contributed by atoms with Crippen molar-refractivity contribution in [2.24, 2.45) is 0 Å². The topological polar surface area (TPSA) is 114 Å². The Hall–Kier alpha value is -3.78. The van der Waals surface area contributed by atoms with Crippen LogP contribution in [0.15, 0.2) is 66.7 Å². The summed E-state index contributed by atoms with van der Waals surface area (Å²) < 4.78 is 5.26. The molecule has 1 unspecified atom stereocenters. The van der Waals surface area contributed by atoms with Crippen LogP contribution in [0.3, 0.4) is 0 Å². The Morgan fingerprint density at radius 1 is 1.03 bits per heavy atom. The second kappa shape index (κ2) is 10.7. The van der Waals surface area contributed by atoms with E-state index in [1.54, 1.807) is 26.0 Å². The molecule has 0 aromatic heterocycles. The second-order valence-electron chi connectivity index (χ2n) is 8.05. The van der Waals surface area contributed by atoms with E-state index in [0.29, 0.717) is 22.4 Å². The highest BCUT2D eigenvalue weighted by molar-refractivity contribution is 6.05. The average molecular weight is 450 g/mol. The maximum Gasteiger partial charge on any atom is 0.255 e. The van der Waals surface area contributed by atoms with E-state index in [1.165, 1.54) is 24.3 Å². The number of benzene rings is 2. The third-order valence-electron chi connectivity index (χ3n) is 5.22. The summed E-state index contributed by atoms with van der Waals surface area (Å²) in [7, 11) is 0. The van der Waals surface area contributed by atoms with Gasteiger partial charge in [0.1, 0.15) is 18.7 Å². The molecule has 0 bridgehead atoms. The molecule has 0 aliphatic carbocycles. The van der Waals surface area contributed by atoms with Crippen LogP contribution in [0.25, 0.3) is 0 Å². The minimum atomic E-state index is -0.906. The predicted octanol–water partition coefficient (Wildman–Crippen LogP) is 2.48. The SMILES string of the molecule is C=C(C)CC(NC(=O)c1ccc(C(=O)Nc2ccccc2)cc1)C(=O)N[C@@H]1C(=O)CO[C@@H]1C. The fourth-order valence-corrected chi connectivity index (χ4v) is 3.41. The van der Waals surface area contributed by atoms with Gasteiger partial charge in [-0.1, -0.05) is 23.8 Å². The van der Waals surface area contributed by atoms with Crippen LogP contribution in [-0.2, 0) is 14.3 Å². The predicted molar refractivity (Wildman–Crippen MR) is 124 cm³/mol. The van der Waals surface area contributed by atoms with E-state index in [-0.39, 0.29) is 24.7 Å². The maximum atomic E-state index is 12.8. The maximum absolute atomic E-state index is 12.8. The van der Waals surface area contributed by atoms with Crippen LogP contribution in [-0.4, -0.2) is 48.3 Å². The van der Waals surface area contributed by atoms with Crippen molar-refractivity contribution in [1.29, 1.82) is 0 Å². The highest BCUT2D eigenvalue weighted by Crippen LogP contribution is 2.13. The fraction of sp³-hybridized carbons (Fsp3) is 0.280. The van der Waals surface area contributed by atoms with Gasteiger partial charge in [0.2, 0.25) is 5.91 Å². The summed E-state index contributed by atoms with van der Waals surface area (Å²) in [6.07, 6.45) is -0.220. The van der Waals surface area contributed by atoms with Crippen LogP contribution >= 0.6 is 0 Å². The van der Waals surface area contributed by atoms with Gasteiger partial charge in [-0.2, -0.15) is 0 Å². The van der Waals surface area contributed by atoms with Gasteiger partial charge < -0.3 is 20.7 Å². The number of carbonyl (C=O) groups excluding carboxylic acids is 4. The molecule has 172 valence electrons. The Bertz CT molecular complexity index is 1050. The van der Waals surface area contributed by atoms with E-state index < -0.39 is 30.0 Å². The molecule has 33 heavy (non-hydrogen) atoms. The Morgan fingerprint density at radius 2 is 1.64 bits per heavy atom. The Morgan fingerprint density at radius 3 is 2.18 bits per heavy atom. The van der Waals surface area contributed by atoms with Gasteiger partial charge in [-0.15, -0.1) is 6.58 Å². The number of ether oxygens (including phenoxy) is 1. The van der Waals surface area contributed by atoms with E-state index in [9.17, 15) is 19.2 Å². The average Bonchev–Trinajstić information content (AvgIpc) is 3.11. The highest BCUT2D eigenvalue weighted by Gasteiger charge is 2.35. The van der Waals surface area contributed by atoms with E-state index in [4.69, 9.17) is 4.74 Å². The number of hydrogen-bond acceptors (Lipinski definition) is 5. The lowest BCUT2D eigenvalue weighted by Crippen LogP contribution is -2.53. The van der Waals surface area contributed by atoms with E-state index in [2.05, 4.69) is 22.5 Å². The zero-order chi connectivity index (χ0) is 24.0. The molecule has 2 aromatic carbocycles. The van der Waals surface area contributed by atoms with E-state index in [1.807, 2.05) is 18.2 Å². The zero-order valence-corrected chi connectivity index (χ0v) is 18.6. The molecule has 1 saturated heterocycles. The van der Waals surface area contributed by atoms with Gasteiger partial charge in [-0.05, 0) is 56.7 Å². The molecule has 1 heterocycles. The first-order valence-corrected chi connectivity index (χ1v) is 10.6. The number of carbonyl (C=O) groups is 4. The quantitative estimate of drug-likeness (QED) is 0.536. The van der Waals surface area contributed by atoms with Crippen molar-refractivity contribution >= 4 is 29.2 Å². The minimum absolute atomic E-state index is 0.0478. The summed E-state index contributed by atoms with van der Waals surface area (Å²) in [5.41, 5.74) is 2.05. The van der Waals surface area contributed by atoms with Crippen LogP contribution in [0.2, 0.25) is 0 Å². The lowest BCUT2D eigenvalue weighted by molar-refractivity contribution is -0.127. The summed E-state index contributed by atoms with van der Waals surface area (Å²) in [4.78, 5) is 49.9. The van der Waals surface area contributed by atoms with Gasteiger partial charge in [0.15, 0.2) is 5.78 Å². The molecule has 8 nitrogen and oxygen atoms in total. The fourth-order valence-electron chi connectivity index (χ4n) is 3.41. The number of Topliss-reactive ketones (excluding diaryl/α,β-unsaturated/α-hetero) is 1. The van der Waals surface area contributed by atoms with Crippen molar-refractivity contribution in [3.8, 4) is 0 Å². The molecule has 3 amide bonds. The molecule has 3 rings (SSSR count). The van der Waals surface area contributed by atoms with Crippen molar-refractivity contribution < 1.29 is 23.9 Å². The molecule has 0 spiro atoms. The summed E-state index contributed by atoms with van der Waals surface area (Å²) in [5, 5.41) is 8.13.